The van der Waals surface area contributed by atoms with E-state index in [0.717, 1.165) is 54.2 Å². The van der Waals surface area contributed by atoms with E-state index in [9.17, 15) is 33.6 Å². The Bertz CT molecular complexity index is 2530. The lowest BCUT2D eigenvalue weighted by Gasteiger charge is -2.25. The van der Waals surface area contributed by atoms with Crippen LogP contribution in [0.3, 0.4) is 0 Å². The Labute approximate surface area is 661 Å². The number of ketones is 1. The number of carbonyl (C=O) groups excluding carboxylic acids is 7. The second-order valence-electron chi connectivity index (χ2n) is 32.1. The van der Waals surface area contributed by atoms with Crippen molar-refractivity contribution >= 4 is 85.6 Å². The number of nitrogens with one attached hydrogen (secondary N) is 1. The highest BCUT2D eigenvalue weighted by atomic mass is 33.1. The topological polar surface area (TPSA) is 218 Å². The van der Waals surface area contributed by atoms with Crippen LogP contribution in [-0.2, 0) is 68.7 Å². The highest BCUT2D eigenvalue weighted by molar-refractivity contribution is 8.77. The number of alkyl carbamates (subject to hydrolysis) is 1. The molecule has 0 spiro atoms. The van der Waals surface area contributed by atoms with Gasteiger partial charge < -0.3 is 62.8 Å². The molecule has 0 saturated carbocycles. The van der Waals surface area contributed by atoms with Gasteiger partial charge in [-0.05, 0) is 186 Å². The molecule has 0 bridgehead atoms. The van der Waals surface area contributed by atoms with Crippen molar-refractivity contribution in [3.8, 4) is 0 Å². The van der Waals surface area contributed by atoms with Crippen molar-refractivity contribution in [2.75, 3.05) is 90.5 Å². The number of rotatable bonds is 38. The van der Waals surface area contributed by atoms with Crippen molar-refractivity contribution < 1.29 is 71.5 Å². The molecule has 24 heteroatoms. The Kier molecular flexibility index (Phi) is 63.7. The standard InChI is InChI=1S/C20H32N2O4.C15H22O3.C13H27NO2S2.C13H26O3S2.C11H24N2O2.C10H20O/c1-15(2)13-17-7-9-18(10-8-17)14-25-19(23)21(5)11-12-22(6)20(24)26-16(3)4;1-11(2)9-13-5-7-14(8-6-13)10-17-15(16)18-12(3)4;1-11(2)16-12(15)14-8-10-18-17-9-6-7-13(3,4)5;1-11(2)16-12(14)15-8-10-18-17-9-6-7-13(3,4)5;1-9(2)12(5)7-8-13(6)11(14)15-10(3)4;1-7(2)6-9(5)10(11)8(3)4/h7-10,15-16H,11-14H2,1-6H3;5-8,11-12H,9-10H2,1-4H3;11H,6-10H2,1-5H3,(H,14,15);11H,6-10H2,1-5H3;9-10H,7-8H2,1-6H3;7-9H,6H2,1-5H3. The van der Waals surface area contributed by atoms with Crippen LogP contribution in [0.2, 0.25) is 0 Å². The maximum absolute atomic E-state index is 12.1. The van der Waals surface area contributed by atoms with E-state index < -0.39 is 24.5 Å². The molecule has 0 heterocycles. The van der Waals surface area contributed by atoms with Crippen molar-refractivity contribution in [1.82, 2.24) is 24.9 Å². The Morgan fingerprint density at radius 3 is 1.11 bits per heavy atom. The fourth-order valence-corrected chi connectivity index (χ4v) is 12.5. The van der Waals surface area contributed by atoms with Crippen molar-refractivity contribution in [3.63, 3.8) is 0 Å². The molecule has 1 N–H and O–H groups in total. The monoisotopic (exact) mass is 1570 g/mol. The van der Waals surface area contributed by atoms with Gasteiger partial charge in [0.1, 0.15) is 25.6 Å². The number of likely N-dealkylation sites (N-methyl/N-ethyl adjacent to an activating group) is 4. The SMILES string of the molecule is CC(C)CC(C)C(=O)C(C)C.CC(C)Cc1ccc(COC(=O)N(C)CCN(C)C(=O)OC(C)C)cc1.CC(C)Cc1ccc(COC(=O)OC(C)C)cc1.CC(C)OC(=O)N(C)CCN(C)C(C)C.CC(C)OC(=O)NCCSSCCCC(C)(C)C.CC(C)OC(=O)OCCSSCCCC(C)(C)C. The number of nitrogens with zero attached hydrogens (tertiary/aromatic N) is 4. The minimum atomic E-state index is -0.615. The molecule has 2 aromatic carbocycles. The van der Waals surface area contributed by atoms with Crippen molar-refractivity contribution in [2.24, 2.45) is 40.4 Å². The second kappa shape index (κ2) is 62.8. The van der Waals surface area contributed by atoms with Gasteiger partial charge in [0.25, 0.3) is 0 Å². The summed E-state index contributed by atoms with van der Waals surface area (Å²) in [7, 11) is 14.4. The summed E-state index contributed by atoms with van der Waals surface area (Å²) >= 11 is 0. The summed E-state index contributed by atoms with van der Waals surface area (Å²) in [4.78, 5) is 86.6. The predicted octanol–water partition coefficient (Wildman–Crippen LogP) is 21.7. The molecule has 1 unspecified atom stereocenters. The fraction of sp³-hybridized carbons (Fsp3) is 0.768. The number of hydrogen-bond donors (Lipinski definition) is 1. The number of benzene rings is 2. The molecule has 0 saturated heterocycles. The summed E-state index contributed by atoms with van der Waals surface area (Å²) in [5.41, 5.74) is 5.38. The third kappa shape index (κ3) is 72.0. The molecular formula is C82H151N5O15S4. The molecule has 0 fully saturated rings. The lowest BCUT2D eigenvalue weighted by Crippen LogP contribution is -2.38. The van der Waals surface area contributed by atoms with Crippen LogP contribution in [0.1, 0.15) is 241 Å². The fourth-order valence-electron chi connectivity index (χ4n) is 8.62. The van der Waals surface area contributed by atoms with Crippen LogP contribution in [-0.4, -0.2) is 189 Å². The molecule has 0 radical (unpaired) electrons. The second-order valence-corrected chi connectivity index (χ2v) is 37.5. The molecule has 2 aromatic rings. The van der Waals surface area contributed by atoms with Crippen LogP contribution in [0.15, 0.2) is 48.5 Å². The normalized spacial score (nSPS) is 11.5. The maximum atomic E-state index is 12.1. The van der Waals surface area contributed by atoms with Crippen LogP contribution in [0.4, 0.5) is 28.8 Å². The largest absolute Gasteiger partial charge is 0.508 e. The number of carbonyl (C=O) groups is 7. The number of amides is 4. The summed E-state index contributed by atoms with van der Waals surface area (Å²) < 4.78 is 40.1. The molecular weight excluding hydrogens is 1420 g/mol. The molecule has 4 amide bonds. The van der Waals surface area contributed by atoms with E-state index in [0.29, 0.717) is 73.2 Å². The maximum Gasteiger partial charge on any atom is 0.508 e. The summed E-state index contributed by atoms with van der Waals surface area (Å²) in [6, 6.07) is 16.7. The Morgan fingerprint density at radius 2 is 0.755 bits per heavy atom. The van der Waals surface area contributed by atoms with Gasteiger partial charge in [0, 0.05) is 94.8 Å². The molecule has 0 aliphatic rings. The van der Waals surface area contributed by atoms with Crippen LogP contribution < -0.4 is 5.32 Å². The van der Waals surface area contributed by atoms with E-state index in [1.165, 1.54) is 52.4 Å². The average molecular weight is 1580 g/mol. The molecule has 20 nitrogen and oxygen atoms in total. The third-order valence-corrected chi connectivity index (χ3v) is 19.3. The minimum Gasteiger partial charge on any atom is -0.447 e. The van der Waals surface area contributed by atoms with E-state index in [1.54, 1.807) is 78.4 Å². The first-order valence-electron chi connectivity index (χ1n) is 38.3. The Morgan fingerprint density at radius 1 is 0.406 bits per heavy atom. The van der Waals surface area contributed by atoms with Gasteiger partial charge in [-0.2, -0.15) is 0 Å². The van der Waals surface area contributed by atoms with Gasteiger partial charge in [-0.15, -0.1) is 0 Å². The van der Waals surface area contributed by atoms with E-state index >= 15 is 0 Å². The Hall–Kier alpha value is -4.91. The smallest absolute Gasteiger partial charge is 0.447 e. The lowest BCUT2D eigenvalue weighted by molar-refractivity contribution is -0.125. The molecule has 0 aliphatic carbocycles. The molecule has 618 valence electrons. The molecule has 0 aliphatic heterocycles. The average Bonchev–Trinajstić information content (AvgIpc) is 0.908. The highest BCUT2D eigenvalue weighted by Crippen LogP contribution is 2.28. The number of Topliss-reactive ketones (excluding diaryl/α,β-unsaturated/α-hetero) is 1. The zero-order valence-corrected chi connectivity index (χ0v) is 75.2. The van der Waals surface area contributed by atoms with E-state index in [1.807, 2.05) is 112 Å². The van der Waals surface area contributed by atoms with E-state index in [4.69, 9.17) is 37.9 Å². The van der Waals surface area contributed by atoms with Gasteiger partial charge in [0.15, 0.2) is 0 Å². The minimum absolute atomic E-state index is 0.0515. The molecule has 106 heavy (non-hydrogen) atoms. The van der Waals surface area contributed by atoms with Crippen molar-refractivity contribution in [3.05, 3.63) is 70.8 Å². The third-order valence-electron chi connectivity index (χ3n) is 14.3. The first-order chi connectivity index (χ1) is 49.1. The first-order valence-corrected chi connectivity index (χ1v) is 43.3. The summed E-state index contributed by atoms with van der Waals surface area (Å²) in [6.07, 6.45) is 5.03. The van der Waals surface area contributed by atoms with E-state index in [2.05, 4.69) is 131 Å². The summed E-state index contributed by atoms with van der Waals surface area (Å²) in [6.45, 7) is 59.0. The van der Waals surface area contributed by atoms with Crippen LogP contribution >= 0.6 is 43.2 Å². The van der Waals surface area contributed by atoms with Gasteiger partial charge >= 0.3 is 36.7 Å². The zero-order chi connectivity index (χ0) is 82.3. The molecule has 2 rings (SSSR count). The van der Waals surface area contributed by atoms with Crippen LogP contribution in [0.25, 0.3) is 0 Å². The highest BCUT2D eigenvalue weighted by Gasteiger charge is 2.19. The van der Waals surface area contributed by atoms with Gasteiger partial charge in [-0.25, -0.2) is 28.8 Å². The van der Waals surface area contributed by atoms with Gasteiger partial charge in [0.05, 0.1) is 30.5 Å². The van der Waals surface area contributed by atoms with Gasteiger partial charge in [-0.3, -0.25) is 4.79 Å². The van der Waals surface area contributed by atoms with Crippen LogP contribution in [0.5, 0.6) is 0 Å². The van der Waals surface area contributed by atoms with Gasteiger partial charge in [0.2, 0.25) is 0 Å². The summed E-state index contributed by atoms with van der Waals surface area (Å²) in [5, 5.41) is 2.73. The van der Waals surface area contributed by atoms with Crippen molar-refractivity contribution in [1.29, 1.82) is 0 Å². The molecule has 0 aromatic heterocycles. The number of ether oxygens (including phenoxy) is 8. The van der Waals surface area contributed by atoms with E-state index in [-0.39, 0.29) is 67.8 Å². The van der Waals surface area contributed by atoms with Gasteiger partial charge in [-0.1, -0.05) is 196 Å². The Balaban J connectivity index is -0.000000599. The first kappa shape index (κ1) is 107. The zero-order valence-electron chi connectivity index (χ0n) is 72.0. The molecule has 1 atom stereocenters. The predicted molar refractivity (Wildman–Crippen MR) is 448 cm³/mol. The lowest BCUT2D eigenvalue weighted by atomic mass is 9.90. The van der Waals surface area contributed by atoms with Crippen LogP contribution in [0, 0.1) is 40.4 Å². The van der Waals surface area contributed by atoms with Crippen molar-refractivity contribution in [2.45, 2.75) is 282 Å². The quantitative estimate of drug-likeness (QED) is 0.0286. The number of hydrogen-bond acceptors (Lipinski definition) is 20. The summed E-state index contributed by atoms with van der Waals surface area (Å²) in [5.74, 6) is 6.80.